The largest absolute Gasteiger partial charge is 0.487 e. The van der Waals surface area contributed by atoms with E-state index in [0.29, 0.717) is 76.0 Å². The number of piperidine rings is 2. The van der Waals surface area contributed by atoms with E-state index in [9.17, 15) is 31.2 Å². The van der Waals surface area contributed by atoms with Crippen LogP contribution in [0.5, 0.6) is 5.75 Å². The van der Waals surface area contributed by atoms with Crippen molar-refractivity contribution in [2.75, 3.05) is 36.4 Å². The van der Waals surface area contributed by atoms with Gasteiger partial charge in [-0.2, -0.15) is 17.5 Å². The van der Waals surface area contributed by atoms with Crippen molar-refractivity contribution >= 4 is 50.7 Å². The predicted molar refractivity (Wildman–Crippen MR) is 272 cm³/mol. The maximum atomic E-state index is 16.8. The zero-order chi connectivity index (χ0) is 52.6. The number of amides is 3. The Balaban J connectivity index is 0.800. The summed E-state index contributed by atoms with van der Waals surface area (Å²) in [5.74, 6) is 4.63. The lowest BCUT2D eigenvalue weighted by molar-refractivity contribution is -0.141. The van der Waals surface area contributed by atoms with Crippen LogP contribution < -0.4 is 25.6 Å². The van der Waals surface area contributed by atoms with Gasteiger partial charge in [0.2, 0.25) is 27.7 Å². The van der Waals surface area contributed by atoms with Gasteiger partial charge in [-0.15, -0.1) is 0 Å². The Morgan fingerprint density at radius 2 is 1.79 bits per heavy atom. The maximum absolute atomic E-state index is 16.8. The van der Waals surface area contributed by atoms with Crippen LogP contribution in [0, 0.1) is 34.4 Å². The smallest absolute Gasteiger partial charge is 0.433 e. The van der Waals surface area contributed by atoms with Gasteiger partial charge in [-0.05, 0) is 110 Å². The SMILES string of the molecule is C[C@@H]1CN(C(=O)[C@@H]2N[C@]3(CCCC(C)(C)C3)[C@@]3(CNc4cc(C(F)(F)F)ncc43)[C@H]2c2cccc(Cl)c2F)c2ccc(S(=O)(=O)N3CCC4(CC3)C[C@@H]4C#Cc3cccc4c3CN([C@H]3CCC(=O)NC3=O)C4)cc2O1. The molecule has 6 aliphatic heterocycles. The molecule has 13 nitrogen and oxygen atoms in total. The molecule has 75 heavy (non-hydrogen) atoms. The molecule has 0 unspecified atom stereocenters. The molecule has 0 bridgehead atoms. The van der Waals surface area contributed by atoms with Crippen molar-refractivity contribution in [3.8, 4) is 17.6 Å². The van der Waals surface area contributed by atoms with Crippen LogP contribution in [0.3, 0.4) is 0 Å². The van der Waals surface area contributed by atoms with Crippen LogP contribution in [0.4, 0.5) is 28.9 Å². The molecule has 5 fully saturated rings. The minimum absolute atomic E-state index is 0.0229. The second-order valence-corrected chi connectivity index (χ2v) is 25.4. The van der Waals surface area contributed by atoms with Crippen LogP contribution in [0.15, 0.2) is 71.8 Å². The van der Waals surface area contributed by atoms with Crippen molar-refractivity contribution in [1.29, 1.82) is 0 Å². The molecule has 19 heteroatoms. The van der Waals surface area contributed by atoms with Crippen LogP contribution >= 0.6 is 11.6 Å². The van der Waals surface area contributed by atoms with Crippen LogP contribution in [-0.4, -0.2) is 90.2 Å². The number of aromatic nitrogens is 1. The third kappa shape index (κ3) is 8.24. The second-order valence-electron chi connectivity index (χ2n) is 23.1. The molecule has 4 aromatic rings. The number of halogens is 5. The summed E-state index contributed by atoms with van der Waals surface area (Å²) in [5.41, 5.74) is 0.813. The third-order valence-corrected chi connectivity index (χ3v) is 20.2. The molecule has 0 radical (unpaired) electrons. The number of nitrogens with zero attached hydrogens (tertiary/aromatic N) is 4. The minimum atomic E-state index is -4.71. The molecule has 3 aromatic carbocycles. The molecular weight excluding hydrogens is 1010 g/mol. The topological polar surface area (TPSA) is 153 Å². The summed E-state index contributed by atoms with van der Waals surface area (Å²) in [6.07, 6.45) is 1.60. The lowest BCUT2D eigenvalue weighted by Gasteiger charge is -2.52. The van der Waals surface area contributed by atoms with Crippen LogP contribution in [0.1, 0.15) is 118 Å². The molecule has 2 saturated carbocycles. The Kier molecular flexibility index (Phi) is 11.9. The molecule has 2 aliphatic carbocycles. The predicted octanol–water partition coefficient (Wildman–Crippen LogP) is 8.43. The number of carbonyl (C=O) groups excluding carboxylic acids is 3. The highest BCUT2D eigenvalue weighted by molar-refractivity contribution is 7.89. The van der Waals surface area contributed by atoms with E-state index < -0.39 is 62.6 Å². The number of nitrogens with one attached hydrogen (secondary N) is 3. The monoisotopic (exact) mass is 1070 g/mol. The second kappa shape index (κ2) is 17.7. The van der Waals surface area contributed by atoms with Gasteiger partial charge in [0, 0.05) is 91.0 Å². The van der Waals surface area contributed by atoms with Crippen LogP contribution in [0.2, 0.25) is 5.02 Å². The molecule has 12 rings (SSSR count). The average molecular weight is 1070 g/mol. The first-order valence-corrected chi connectivity index (χ1v) is 27.8. The third-order valence-electron chi connectivity index (χ3n) is 18.0. The number of sulfonamides is 1. The maximum Gasteiger partial charge on any atom is 0.433 e. The fraction of sp³-hybridized carbons (Fsp3) is 0.500. The van der Waals surface area contributed by atoms with E-state index in [-0.39, 0.29) is 74.6 Å². The first-order chi connectivity index (χ1) is 35.6. The molecule has 1 aromatic heterocycles. The molecule has 7 atom stereocenters. The first kappa shape index (κ1) is 50.2. The Morgan fingerprint density at radius 3 is 2.55 bits per heavy atom. The summed E-state index contributed by atoms with van der Waals surface area (Å²) in [7, 11) is -4.02. The fourth-order valence-electron chi connectivity index (χ4n) is 14.4. The summed E-state index contributed by atoms with van der Waals surface area (Å²) in [5, 5.41) is 9.36. The van der Waals surface area contributed by atoms with Gasteiger partial charge in [0.15, 0.2) is 0 Å². The van der Waals surface area contributed by atoms with Crippen molar-refractivity contribution < 1.29 is 45.1 Å². The quantitative estimate of drug-likeness (QED) is 0.101. The van der Waals surface area contributed by atoms with E-state index in [1.165, 1.54) is 28.7 Å². The summed E-state index contributed by atoms with van der Waals surface area (Å²) in [4.78, 5) is 47.8. The molecule has 3 saturated heterocycles. The number of imide groups is 1. The Labute approximate surface area is 438 Å². The van der Waals surface area contributed by atoms with Crippen molar-refractivity contribution in [2.45, 2.75) is 138 Å². The number of rotatable bonds is 5. The zero-order valence-corrected chi connectivity index (χ0v) is 43.5. The zero-order valence-electron chi connectivity index (χ0n) is 41.9. The summed E-state index contributed by atoms with van der Waals surface area (Å²) >= 11 is 6.52. The number of benzene rings is 3. The van der Waals surface area contributed by atoms with Gasteiger partial charge in [0.05, 0.1) is 34.2 Å². The Hall–Kier alpha value is -5.58. The van der Waals surface area contributed by atoms with Crippen molar-refractivity contribution in [3.63, 3.8) is 0 Å². The van der Waals surface area contributed by atoms with Crippen molar-refractivity contribution in [2.24, 2.45) is 16.7 Å². The lowest BCUT2D eigenvalue weighted by atomic mass is 9.53. The van der Waals surface area contributed by atoms with Gasteiger partial charge in [-0.25, -0.2) is 12.8 Å². The van der Waals surface area contributed by atoms with Gasteiger partial charge in [0.25, 0.3) is 0 Å². The number of carbonyl (C=O) groups is 3. The van der Waals surface area contributed by atoms with Gasteiger partial charge in [-0.1, -0.05) is 68.0 Å². The molecular formula is C56H58ClF4N7O6S. The standard InChI is InChI=1S/C56H58ClF4N7O6S/c1-32-27-68(51(71)49-47(37-9-5-10-40(57)48(37)58)55(54(65-49)18-6-17-52(2,3)30-54)31-63-41-24-45(56(59,60)61)62-26-39(41)55)42-14-13-36(23-44(42)74-32)75(72,73)67-21-19-53(20-22-67)25-35(53)12-11-33-7-4-8-34-28-66(29-38(33)34)43-15-16-46(69)64-50(43)70/h4-5,7-10,13-14,23-24,26,32,35,43,47,49,63,65H,6,15-22,25,27-31H2,1-3H3,(H,64,69,70)/t32-,35+,43+,47+,49-,54+,55-/m1/s1. The number of hydrogen-bond acceptors (Lipinski definition) is 10. The van der Waals surface area contributed by atoms with Crippen LogP contribution in [0.25, 0.3) is 0 Å². The molecule has 8 aliphatic rings. The number of hydrogen-bond donors (Lipinski definition) is 3. The van der Waals surface area contributed by atoms with Gasteiger partial charge < -0.3 is 15.0 Å². The van der Waals surface area contributed by atoms with Gasteiger partial charge >= 0.3 is 6.18 Å². The summed E-state index contributed by atoms with van der Waals surface area (Å²) in [6, 6.07) is 14.7. The number of anilines is 2. The van der Waals surface area contributed by atoms with E-state index in [4.69, 9.17) is 16.3 Å². The van der Waals surface area contributed by atoms with E-state index in [0.717, 1.165) is 42.0 Å². The van der Waals surface area contributed by atoms with Crippen LogP contribution in [-0.2, 0) is 49.1 Å². The highest BCUT2D eigenvalue weighted by Crippen LogP contribution is 2.65. The first-order valence-electron chi connectivity index (χ1n) is 26.0. The Bertz CT molecular complexity index is 3260. The molecule has 3 amide bonds. The molecule has 7 heterocycles. The van der Waals surface area contributed by atoms with E-state index >= 15 is 9.18 Å². The summed E-state index contributed by atoms with van der Waals surface area (Å²) in [6.45, 7) is 8.03. The van der Waals surface area contributed by atoms with Gasteiger partial charge in [-0.3, -0.25) is 34.9 Å². The van der Waals surface area contributed by atoms with E-state index in [1.54, 1.807) is 30.0 Å². The van der Waals surface area contributed by atoms with E-state index in [1.807, 2.05) is 12.1 Å². The molecule has 3 spiro atoms. The lowest BCUT2D eigenvalue weighted by Crippen LogP contribution is -2.61. The number of alkyl halides is 3. The Morgan fingerprint density at radius 1 is 1.00 bits per heavy atom. The highest BCUT2D eigenvalue weighted by atomic mass is 35.5. The summed E-state index contributed by atoms with van der Waals surface area (Å²) < 4.78 is 96.0. The molecule has 3 N–H and O–H groups in total. The highest BCUT2D eigenvalue weighted by Gasteiger charge is 2.70. The average Bonchev–Trinajstić information content (AvgIpc) is 3.87. The van der Waals surface area contributed by atoms with E-state index in [2.05, 4.69) is 57.6 Å². The fourth-order valence-corrected chi connectivity index (χ4v) is 16.0. The van der Waals surface area contributed by atoms with Crippen molar-refractivity contribution in [1.82, 2.24) is 24.8 Å². The number of pyridine rings is 1. The minimum Gasteiger partial charge on any atom is -0.487 e. The normalized spacial score (nSPS) is 29.8. The molecule has 394 valence electrons. The number of fused-ring (bicyclic) bond motifs is 5. The number of ether oxygens (including phenoxy) is 1. The van der Waals surface area contributed by atoms with Gasteiger partial charge in [0.1, 0.15) is 23.4 Å². The van der Waals surface area contributed by atoms with Crippen molar-refractivity contribution in [3.05, 3.63) is 111 Å².